The van der Waals surface area contributed by atoms with Crippen molar-refractivity contribution in [2.45, 2.75) is 33.7 Å². The van der Waals surface area contributed by atoms with Crippen LogP contribution in [0.3, 0.4) is 0 Å². The summed E-state index contributed by atoms with van der Waals surface area (Å²) in [6, 6.07) is 5.30. The highest BCUT2D eigenvalue weighted by Gasteiger charge is 2.11. The summed E-state index contributed by atoms with van der Waals surface area (Å²) in [6.07, 6.45) is 0.134. The van der Waals surface area contributed by atoms with E-state index in [1.54, 1.807) is 16.7 Å². The van der Waals surface area contributed by atoms with Crippen LogP contribution in [0.4, 0.5) is 5.69 Å². The van der Waals surface area contributed by atoms with Gasteiger partial charge in [-0.05, 0) is 38.5 Å². The normalized spacial score (nSPS) is 10.6. The lowest BCUT2D eigenvalue weighted by atomic mass is 10.2. The van der Waals surface area contributed by atoms with Gasteiger partial charge in [-0.2, -0.15) is 0 Å². The number of aryl methyl sites for hydroxylation is 2. The Balaban J connectivity index is 1.81. The lowest BCUT2D eigenvalue weighted by Gasteiger charge is -2.09. The number of nitrogens with zero attached hydrogens (tertiary/aromatic N) is 1. The zero-order chi connectivity index (χ0) is 18.6. The fraction of sp³-hybridized carbons (Fsp3) is 0.353. The van der Waals surface area contributed by atoms with Crippen LogP contribution < -0.4 is 15.5 Å². The average Bonchev–Trinajstić information content (AvgIpc) is 2.79. The molecule has 2 rings (SSSR count). The Hall–Kier alpha value is -2.12. The molecule has 0 bridgehead atoms. The van der Waals surface area contributed by atoms with Gasteiger partial charge in [0.1, 0.15) is 0 Å². The Morgan fingerprint density at radius 2 is 1.92 bits per heavy atom. The standard InChI is InChI=1S/C17H20ClN3O3S/c1-10-4-5-14(13(18)8-10)20-16(23)9-19-15(22)6-7-21-11(2)12(3)25-17(21)24/h4-5,8H,6-7,9H2,1-3H3,(H,19,22)(H,20,23). The summed E-state index contributed by atoms with van der Waals surface area (Å²) in [5.74, 6) is -0.654. The van der Waals surface area contributed by atoms with Crippen molar-refractivity contribution < 1.29 is 9.59 Å². The molecule has 2 N–H and O–H groups in total. The molecule has 1 aromatic heterocycles. The van der Waals surface area contributed by atoms with E-state index < -0.39 is 0 Å². The number of nitrogens with one attached hydrogen (secondary N) is 2. The van der Waals surface area contributed by atoms with E-state index >= 15 is 0 Å². The van der Waals surface area contributed by atoms with E-state index in [1.807, 2.05) is 26.8 Å². The van der Waals surface area contributed by atoms with Gasteiger partial charge in [-0.3, -0.25) is 14.4 Å². The predicted octanol–water partition coefficient (Wildman–Crippen LogP) is 2.63. The van der Waals surface area contributed by atoms with Gasteiger partial charge in [0.15, 0.2) is 0 Å². The highest BCUT2D eigenvalue weighted by molar-refractivity contribution is 7.09. The van der Waals surface area contributed by atoms with Crippen LogP contribution in [0.2, 0.25) is 5.02 Å². The third-order valence-electron chi connectivity index (χ3n) is 3.78. The molecule has 8 heteroatoms. The van der Waals surface area contributed by atoms with Crippen LogP contribution in [0.25, 0.3) is 0 Å². The SMILES string of the molecule is Cc1ccc(NC(=O)CNC(=O)CCn2c(C)c(C)sc2=O)c(Cl)c1. The summed E-state index contributed by atoms with van der Waals surface area (Å²) in [7, 11) is 0. The van der Waals surface area contributed by atoms with E-state index in [0.29, 0.717) is 17.3 Å². The fourth-order valence-electron chi connectivity index (χ4n) is 2.24. The maximum Gasteiger partial charge on any atom is 0.307 e. The van der Waals surface area contributed by atoms with Gasteiger partial charge in [0.05, 0.1) is 17.3 Å². The third-order valence-corrected chi connectivity index (χ3v) is 5.09. The van der Waals surface area contributed by atoms with Crippen LogP contribution in [0, 0.1) is 20.8 Å². The molecule has 0 radical (unpaired) electrons. The summed E-state index contributed by atoms with van der Waals surface area (Å²) in [5, 5.41) is 5.64. The van der Waals surface area contributed by atoms with E-state index in [9.17, 15) is 14.4 Å². The molecular formula is C17H20ClN3O3S. The number of halogens is 1. The quantitative estimate of drug-likeness (QED) is 0.807. The Morgan fingerprint density at radius 3 is 2.52 bits per heavy atom. The van der Waals surface area contributed by atoms with Crippen molar-refractivity contribution in [1.29, 1.82) is 0 Å². The summed E-state index contributed by atoms with van der Waals surface area (Å²) < 4.78 is 1.58. The van der Waals surface area contributed by atoms with Crippen LogP contribution in [0.15, 0.2) is 23.0 Å². The largest absolute Gasteiger partial charge is 0.347 e. The van der Waals surface area contributed by atoms with Gasteiger partial charge in [-0.1, -0.05) is 29.0 Å². The second-order valence-corrected chi connectivity index (χ2v) is 7.29. The van der Waals surface area contributed by atoms with Gasteiger partial charge in [-0.15, -0.1) is 0 Å². The van der Waals surface area contributed by atoms with Crippen molar-refractivity contribution in [3.63, 3.8) is 0 Å². The Labute approximate surface area is 154 Å². The van der Waals surface area contributed by atoms with Crippen LogP contribution in [-0.4, -0.2) is 22.9 Å². The Morgan fingerprint density at radius 1 is 1.20 bits per heavy atom. The molecule has 0 saturated heterocycles. The molecule has 6 nitrogen and oxygen atoms in total. The number of hydrogen-bond donors (Lipinski definition) is 2. The maximum absolute atomic E-state index is 11.9. The van der Waals surface area contributed by atoms with Gasteiger partial charge in [-0.25, -0.2) is 0 Å². The predicted molar refractivity (Wildman–Crippen MR) is 100 cm³/mol. The number of hydrogen-bond acceptors (Lipinski definition) is 4. The summed E-state index contributed by atoms with van der Waals surface area (Å²) in [5.41, 5.74) is 2.36. The number of rotatable bonds is 6. The molecule has 2 aromatic rings. The highest BCUT2D eigenvalue weighted by Crippen LogP contribution is 2.22. The lowest BCUT2D eigenvalue weighted by molar-refractivity contribution is -0.124. The molecule has 134 valence electrons. The first-order valence-corrected chi connectivity index (χ1v) is 8.97. The van der Waals surface area contributed by atoms with Crippen molar-refractivity contribution in [3.8, 4) is 0 Å². The first-order valence-electron chi connectivity index (χ1n) is 7.77. The summed E-state index contributed by atoms with van der Waals surface area (Å²) in [4.78, 5) is 36.4. The second-order valence-electron chi connectivity index (χ2n) is 5.72. The monoisotopic (exact) mass is 381 g/mol. The van der Waals surface area contributed by atoms with E-state index in [1.165, 1.54) is 11.3 Å². The second kappa shape index (κ2) is 8.31. The van der Waals surface area contributed by atoms with E-state index in [-0.39, 0.29) is 29.7 Å². The molecule has 0 atom stereocenters. The molecule has 1 heterocycles. The molecular weight excluding hydrogens is 362 g/mol. The molecule has 2 amide bonds. The smallest absolute Gasteiger partial charge is 0.307 e. The lowest BCUT2D eigenvalue weighted by Crippen LogP contribution is -2.33. The fourth-order valence-corrected chi connectivity index (χ4v) is 3.38. The van der Waals surface area contributed by atoms with Crippen molar-refractivity contribution in [2.75, 3.05) is 11.9 Å². The van der Waals surface area contributed by atoms with E-state index in [0.717, 1.165) is 16.1 Å². The van der Waals surface area contributed by atoms with Crippen LogP contribution >= 0.6 is 22.9 Å². The zero-order valence-electron chi connectivity index (χ0n) is 14.3. The molecule has 0 saturated carbocycles. The maximum atomic E-state index is 11.9. The van der Waals surface area contributed by atoms with Gasteiger partial charge in [0.2, 0.25) is 11.8 Å². The topological polar surface area (TPSA) is 80.2 Å². The Bertz CT molecular complexity index is 857. The van der Waals surface area contributed by atoms with Crippen molar-refractivity contribution in [3.05, 3.63) is 49.0 Å². The molecule has 0 fully saturated rings. The number of aromatic nitrogens is 1. The number of carbonyl (C=O) groups is 2. The molecule has 25 heavy (non-hydrogen) atoms. The van der Waals surface area contributed by atoms with Gasteiger partial charge >= 0.3 is 4.87 Å². The number of amides is 2. The number of thiazole rings is 1. The average molecular weight is 382 g/mol. The zero-order valence-corrected chi connectivity index (χ0v) is 15.9. The molecule has 0 aliphatic heterocycles. The Kier molecular flexibility index (Phi) is 6.39. The summed E-state index contributed by atoms with van der Waals surface area (Å²) in [6.45, 7) is 5.77. The van der Waals surface area contributed by atoms with Gasteiger partial charge in [0, 0.05) is 23.5 Å². The minimum Gasteiger partial charge on any atom is -0.347 e. The molecule has 0 spiro atoms. The highest BCUT2D eigenvalue weighted by atomic mass is 35.5. The molecule has 0 aliphatic carbocycles. The van der Waals surface area contributed by atoms with E-state index in [4.69, 9.17) is 11.6 Å². The number of benzene rings is 1. The van der Waals surface area contributed by atoms with Crippen LogP contribution in [-0.2, 0) is 16.1 Å². The van der Waals surface area contributed by atoms with Crippen molar-refractivity contribution in [1.82, 2.24) is 9.88 Å². The van der Waals surface area contributed by atoms with Crippen LogP contribution in [0.5, 0.6) is 0 Å². The first kappa shape index (κ1) is 19.2. The minimum atomic E-state index is -0.362. The van der Waals surface area contributed by atoms with Crippen LogP contribution in [0.1, 0.15) is 22.6 Å². The van der Waals surface area contributed by atoms with E-state index in [2.05, 4.69) is 10.6 Å². The number of anilines is 1. The molecule has 0 aliphatic rings. The van der Waals surface area contributed by atoms with Gasteiger partial charge < -0.3 is 15.2 Å². The van der Waals surface area contributed by atoms with Crippen molar-refractivity contribution >= 4 is 40.4 Å². The summed E-state index contributed by atoms with van der Waals surface area (Å²) >= 11 is 7.22. The molecule has 0 unspecified atom stereocenters. The van der Waals surface area contributed by atoms with Crippen molar-refractivity contribution in [2.24, 2.45) is 0 Å². The number of carbonyl (C=O) groups excluding carboxylic acids is 2. The third kappa shape index (κ3) is 5.17. The molecule has 1 aromatic carbocycles. The first-order chi connectivity index (χ1) is 11.8. The van der Waals surface area contributed by atoms with Gasteiger partial charge in [0.25, 0.3) is 0 Å². The minimum absolute atomic E-state index is 0.0745.